The summed E-state index contributed by atoms with van der Waals surface area (Å²) in [7, 11) is 1.61. The number of carbonyl (C=O) groups is 1. The highest BCUT2D eigenvalue weighted by atomic mass is 79.9. The van der Waals surface area contributed by atoms with Crippen LogP contribution >= 0.6 is 43.2 Å². The van der Waals surface area contributed by atoms with Crippen molar-refractivity contribution >= 4 is 54.8 Å². The Morgan fingerprint density at radius 1 is 1.53 bits per heavy atom. The van der Waals surface area contributed by atoms with Crippen LogP contribution < -0.4 is 10.6 Å². The van der Waals surface area contributed by atoms with Crippen LogP contribution in [0.5, 0.6) is 0 Å². The van der Waals surface area contributed by atoms with Crippen LogP contribution in [0.15, 0.2) is 26.7 Å². The van der Waals surface area contributed by atoms with Crippen LogP contribution in [0.1, 0.15) is 4.88 Å². The maximum Gasteiger partial charge on any atom is 0.241 e. The van der Waals surface area contributed by atoms with E-state index >= 15 is 0 Å². The molecule has 0 bridgehead atoms. The quantitative estimate of drug-likeness (QED) is 0.801. The summed E-state index contributed by atoms with van der Waals surface area (Å²) in [4.78, 5) is 12.4. The Kier molecular flexibility index (Phi) is 5.00. The van der Waals surface area contributed by atoms with Gasteiger partial charge < -0.3 is 10.6 Å². The van der Waals surface area contributed by atoms with Gasteiger partial charge in [0.1, 0.15) is 6.54 Å². The lowest BCUT2D eigenvalue weighted by molar-refractivity contribution is -0.121. The number of likely N-dealkylation sites (N-methyl/N-ethyl adjacent to an activating group) is 1. The van der Waals surface area contributed by atoms with E-state index < -0.39 is 0 Å². The van der Waals surface area contributed by atoms with Gasteiger partial charge in [-0.3, -0.25) is 9.48 Å². The number of anilines is 1. The van der Waals surface area contributed by atoms with Crippen molar-refractivity contribution in [3.05, 3.63) is 31.6 Å². The number of nitrogens with one attached hydrogen (secondary N) is 2. The predicted molar refractivity (Wildman–Crippen MR) is 83.3 cm³/mol. The Bertz CT molecular complexity index is 562. The lowest BCUT2D eigenvalue weighted by Gasteiger charge is -2.01. The van der Waals surface area contributed by atoms with Gasteiger partial charge in [0.05, 0.1) is 15.7 Å². The fourth-order valence-corrected chi connectivity index (χ4v) is 3.55. The summed E-state index contributed by atoms with van der Waals surface area (Å²) in [5.41, 5.74) is 0.893. The smallest absolute Gasteiger partial charge is 0.241 e. The molecular weight excluding hydrogens is 396 g/mol. The first kappa shape index (κ1) is 14.5. The molecule has 0 aliphatic rings. The van der Waals surface area contributed by atoms with Crippen molar-refractivity contribution in [1.29, 1.82) is 0 Å². The Hall–Kier alpha value is -0.860. The number of carbonyl (C=O) groups excluding carboxylic acids is 1. The highest BCUT2D eigenvalue weighted by molar-refractivity contribution is 9.13. The van der Waals surface area contributed by atoms with Crippen molar-refractivity contribution in [2.24, 2.45) is 0 Å². The average molecular weight is 408 g/mol. The SMILES string of the molecule is CNC(=O)Cn1cc(NCc2cc(Br)c(Br)s2)cn1. The van der Waals surface area contributed by atoms with Gasteiger partial charge in [-0.15, -0.1) is 11.3 Å². The molecule has 0 saturated heterocycles. The van der Waals surface area contributed by atoms with Crippen molar-refractivity contribution in [2.45, 2.75) is 13.1 Å². The molecule has 8 heteroatoms. The van der Waals surface area contributed by atoms with Crippen molar-refractivity contribution < 1.29 is 4.79 Å². The standard InChI is InChI=1S/C11H12Br2N4OS/c1-14-10(18)6-17-5-7(3-16-17)15-4-8-2-9(12)11(13)19-8/h2-3,5,15H,4,6H2,1H3,(H,14,18). The zero-order valence-electron chi connectivity index (χ0n) is 10.1. The van der Waals surface area contributed by atoms with Gasteiger partial charge in [0, 0.05) is 29.1 Å². The zero-order valence-corrected chi connectivity index (χ0v) is 14.1. The van der Waals surface area contributed by atoms with Gasteiger partial charge in [-0.25, -0.2) is 0 Å². The zero-order chi connectivity index (χ0) is 13.8. The van der Waals surface area contributed by atoms with E-state index in [0.29, 0.717) is 0 Å². The van der Waals surface area contributed by atoms with Crippen LogP contribution in [0.4, 0.5) is 5.69 Å². The molecule has 0 aromatic carbocycles. The fraction of sp³-hybridized carbons (Fsp3) is 0.273. The van der Waals surface area contributed by atoms with Gasteiger partial charge >= 0.3 is 0 Å². The number of aromatic nitrogens is 2. The molecular formula is C11H12Br2N4OS. The monoisotopic (exact) mass is 406 g/mol. The van der Waals surface area contributed by atoms with Gasteiger partial charge in [0.2, 0.25) is 5.91 Å². The molecule has 2 rings (SSSR count). The van der Waals surface area contributed by atoms with E-state index in [1.807, 2.05) is 6.20 Å². The Morgan fingerprint density at radius 2 is 2.32 bits per heavy atom. The van der Waals surface area contributed by atoms with E-state index in [2.05, 4.69) is 53.7 Å². The lowest BCUT2D eigenvalue weighted by Crippen LogP contribution is -2.23. The Labute approximate surface area is 131 Å². The summed E-state index contributed by atoms with van der Waals surface area (Å²) in [6.45, 7) is 0.953. The third kappa shape index (κ3) is 4.05. The Balaban J connectivity index is 1.91. The van der Waals surface area contributed by atoms with E-state index in [1.54, 1.807) is 29.3 Å². The molecule has 0 fully saturated rings. The van der Waals surface area contributed by atoms with Crippen molar-refractivity contribution in [3.63, 3.8) is 0 Å². The summed E-state index contributed by atoms with van der Waals surface area (Å²) in [5.74, 6) is -0.0687. The number of thiophene rings is 1. The minimum Gasteiger partial charge on any atom is -0.378 e. The average Bonchev–Trinajstić information content (AvgIpc) is 2.95. The second-order valence-electron chi connectivity index (χ2n) is 3.79. The van der Waals surface area contributed by atoms with E-state index in [1.165, 1.54) is 4.88 Å². The lowest BCUT2D eigenvalue weighted by atomic mass is 10.4. The summed E-state index contributed by atoms with van der Waals surface area (Å²) in [6.07, 6.45) is 3.52. The first-order valence-corrected chi connectivity index (χ1v) is 7.89. The predicted octanol–water partition coefficient (Wildman–Crippen LogP) is 2.83. The van der Waals surface area contributed by atoms with Crippen LogP contribution in [0.25, 0.3) is 0 Å². The van der Waals surface area contributed by atoms with Crippen LogP contribution in [0.3, 0.4) is 0 Å². The van der Waals surface area contributed by atoms with Crippen molar-refractivity contribution in [2.75, 3.05) is 12.4 Å². The van der Waals surface area contributed by atoms with E-state index in [0.717, 1.165) is 20.5 Å². The summed E-state index contributed by atoms with van der Waals surface area (Å²) < 4.78 is 3.74. The van der Waals surface area contributed by atoms with Crippen molar-refractivity contribution in [3.8, 4) is 0 Å². The number of halogens is 2. The van der Waals surface area contributed by atoms with E-state index in [-0.39, 0.29) is 12.5 Å². The molecule has 19 heavy (non-hydrogen) atoms. The molecule has 0 radical (unpaired) electrons. The number of hydrogen-bond acceptors (Lipinski definition) is 4. The number of rotatable bonds is 5. The topological polar surface area (TPSA) is 59.0 Å². The molecule has 0 aliphatic heterocycles. The molecule has 0 unspecified atom stereocenters. The van der Waals surface area contributed by atoms with Crippen LogP contribution in [-0.4, -0.2) is 22.7 Å². The van der Waals surface area contributed by atoms with Gasteiger partial charge in [0.25, 0.3) is 0 Å². The minimum atomic E-state index is -0.0687. The molecule has 0 aliphatic carbocycles. The normalized spacial score (nSPS) is 10.5. The summed E-state index contributed by atoms with van der Waals surface area (Å²) in [5, 5.41) is 9.94. The highest BCUT2D eigenvalue weighted by Crippen LogP contribution is 2.32. The van der Waals surface area contributed by atoms with Gasteiger partial charge in [-0.2, -0.15) is 5.10 Å². The summed E-state index contributed by atoms with van der Waals surface area (Å²) >= 11 is 8.59. The molecule has 2 heterocycles. The van der Waals surface area contributed by atoms with Crippen LogP contribution in [0.2, 0.25) is 0 Å². The Morgan fingerprint density at radius 3 is 2.95 bits per heavy atom. The number of nitrogens with zero attached hydrogens (tertiary/aromatic N) is 2. The van der Waals surface area contributed by atoms with Gasteiger partial charge in [-0.05, 0) is 37.9 Å². The van der Waals surface area contributed by atoms with Crippen molar-refractivity contribution in [1.82, 2.24) is 15.1 Å². The molecule has 0 saturated carbocycles. The van der Waals surface area contributed by atoms with E-state index in [9.17, 15) is 4.79 Å². The molecule has 0 atom stereocenters. The highest BCUT2D eigenvalue weighted by Gasteiger charge is 2.05. The number of amides is 1. The molecule has 2 N–H and O–H groups in total. The molecule has 0 spiro atoms. The molecule has 1 amide bonds. The fourth-order valence-electron chi connectivity index (χ4n) is 1.44. The number of hydrogen-bond donors (Lipinski definition) is 2. The maximum absolute atomic E-state index is 11.2. The second-order valence-corrected chi connectivity index (χ2v) is 7.10. The molecule has 102 valence electrons. The molecule has 2 aromatic rings. The van der Waals surface area contributed by atoms with Crippen LogP contribution in [-0.2, 0) is 17.9 Å². The first-order chi connectivity index (χ1) is 9.08. The summed E-state index contributed by atoms with van der Waals surface area (Å²) in [6, 6.07) is 2.07. The minimum absolute atomic E-state index is 0.0687. The molecule has 5 nitrogen and oxygen atoms in total. The van der Waals surface area contributed by atoms with E-state index in [4.69, 9.17) is 0 Å². The first-order valence-electron chi connectivity index (χ1n) is 5.49. The second kappa shape index (κ2) is 6.53. The van der Waals surface area contributed by atoms with Gasteiger partial charge in [0.15, 0.2) is 0 Å². The largest absolute Gasteiger partial charge is 0.378 e. The molecule has 2 aromatic heterocycles. The maximum atomic E-state index is 11.2. The van der Waals surface area contributed by atoms with Gasteiger partial charge in [-0.1, -0.05) is 0 Å². The third-order valence-electron chi connectivity index (χ3n) is 2.38. The third-order valence-corrected chi connectivity index (χ3v) is 5.64. The van der Waals surface area contributed by atoms with Crippen LogP contribution in [0, 0.1) is 0 Å².